The first-order valence-corrected chi connectivity index (χ1v) is 9.23. The predicted octanol–water partition coefficient (Wildman–Crippen LogP) is 2.24. The van der Waals surface area contributed by atoms with Crippen molar-refractivity contribution < 1.29 is 24.0 Å². The minimum Gasteiger partial charge on any atom is -0.452 e. The van der Waals surface area contributed by atoms with E-state index in [0.717, 1.165) is 31.7 Å². The van der Waals surface area contributed by atoms with E-state index in [1.54, 1.807) is 6.26 Å². The number of carbonyl (C=O) groups excluding carboxylic acids is 3. The van der Waals surface area contributed by atoms with Gasteiger partial charge in [-0.05, 0) is 31.2 Å². The van der Waals surface area contributed by atoms with E-state index in [1.165, 1.54) is 23.9 Å². The van der Waals surface area contributed by atoms with Crippen molar-refractivity contribution >= 4 is 35.4 Å². The van der Waals surface area contributed by atoms with Crippen LogP contribution >= 0.6 is 11.8 Å². The molecule has 2 rings (SSSR count). The number of urea groups is 1. The number of hydrogen-bond acceptors (Lipinski definition) is 7. The number of nitro benzene ring substituents is 1. The second-order valence-electron chi connectivity index (χ2n) is 5.72. The van der Waals surface area contributed by atoms with Crippen molar-refractivity contribution in [3.05, 3.63) is 33.9 Å². The Bertz CT molecular complexity index is 718. The third-order valence-electron chi connectivity index (χ3n) is 3.89. The highest BCUT2D eigenvalue weighted by molar-refractivity contribution is 7.98. The summed E-state index contributed by atoms with van der Waals surface area (Å²) >= 11 is 1.18. The molecule has 26 heavy (non-hydrogen) atoms. The van der Waals surface area contributed by atoms with Crippen LogP contribution in [0.3, 0.4) is 0 Å². The molecule has 140 valence electrons. The van der Waals surface area contributed by atoms with E-state index in [2.05, 4.69) is 10.6 Å². The maximum Gasteiger partial charge on any atom is 0.338 e. The van der Waals surface area contributed by atoms with Crippen molar-refractivity contribution in [1.29, 1.82) is 0 Å². The number of esters is 1. The molecule has 0 atom stereocenters. The van der Waals surface area contributed by atoms with E-state index in [1.807, 2.05) is 0 Å². The average molecular weight is 381 g/mol. The summed E-state index contributed by atoms with van der Waals surface area (Å²) in [6.45, 7) is -0.658. The monoisotopic (exact) mass is 381 g/mol. The summed E-state index contributed by atoms with van der Waals surface area (Å²) in [4.78, 5) is 46.1. The van der Waals surface area contributed by atoms with Crippen LogP contribution in [0.25, 0.3) is 0 Å². The molecule has 0 unspecified atom stereocenters. The summed E-state index contributed by atoms with van der Waals surface area (Å²) in [5.41, 5.74) is -0.259. The number of imide groups is 1. The maximum atomic E-state index is 12.0. The molecule has 0 spiro atoms. The second kappa shape index (κ2) is 9.18. The lowest BCUT2D eigenvalue weighted by Gasteiger charge is -2.12. The van der Waals surface area contributed by atoms with Crippen LogP contribution in [0.2, 0.25) is 0 Å². The van der Waals surface area contributed by atoms with Gasteiger partial charge in [-0.25, -0.2) is 9.59 Å². The fraction of sp³-hybridized carbons (Fsp3) is 0.438. The summed E-state index contributed by atoms with van der Waals surface area (Å²) in [7, 11) is 0. The highest BCUT2D eigenvalue weighted by atomic mass is 32.2. The zero-order valence-corrected chi connectivity index (χ0v) is 15.0. The van der Waals surface area contributed by atoms with Gasteiger partial charge in [-0.1, -0.05) is 12.8 Å². The van der Waals surface area contributed by atoms with Crippen LogP contribution in [0.4, 0.5) is 10.5 Å². The Labute approximate surface area is 154 Å². The van der Waals surface area contributed by atoms with E-state index in [9.17, 15) is 24.5 Å². The number of nitrogens with one attached hydrogen (secondary N) is 2. The zero-order valence-electron chi connectivity index (χ0n) is 14.1. The Morgan fingerprint density at radius 2 is 2.00 bits per heavy atom. The Kier molecular flexibility index (Phi) is 6.96. The number of nitro groups is 1. The fourth-order valence-electron chi connectivity index (χ4n) is 2.63. The van der Waals surface area contributed by atoms with Crippen LogP contribution in [-0.4, -0.2) is 41.7 Å². The van der Waals surface area contributed by atoms with Crippen molar-refractivity contribution in [3.63, 3.8) is 0 Å². The molecule has 1 aliphatic carbocycles. The zero-order chi connectivity index (χ0) is 19.1. The van der Waals surface area contributed by atoms with Gasteiger partial charge in [0.05, 0.1) is 15.4 Å². The minimum atomic E-state index is -0.882. The Morgan fingerprint density at radius 3 is 2.62 bits per heavy atom. The van der Waals surface area contributed by atoms with Gasteiger partial charge in [0.15, 0.2) is 6.61 Å². The fourth-order valence-corrected chi connectivity index (χ4v) is 3.18. The Balaban J connectivity index is 1.85. The molecule has 9 nitrogen and oxygen atoms in total. The van der Waals surface area contributed by atoms with Crippen LogP contribution in [0.5, 0.6) is 0 Å². The minimum absolute atomic E-state index is 0.0438. The Morgan fingerprint density at radius 1 is 1.31 bits per heavy atom. The number of benzene rings is 1. The van der Waals surface area contributed by atoms with Crippen LogP contribution in [-0.2, 0) is 9.53 Å². The van der Waals surface area contributed by atoms with Crippen molar-refractivity contribution in [2.45, 2.75) is 36.6 Å². The van der Waals surface area contributed by atoms with Gasteiger partial charge in [-0.2, -0.15) is 0 Å². The van der Waals surface area contributed by atoms with E-state index in [-0.39, 0.29) is 17.3 Å². The number of hydrogen-bond donors (Lipinski definition) is 2. The van der Waals surface area contributed by atoms with Gasteiger partial charge in [0.2, 0.25) is 0 Å². The maximum absolute atomic E-state index is 12.0. The average Bonchev–Trinajstić information content (AvgIpc) is 3.11. The highest BCUT2D eigenvalue weighted by Gasteiger charge is 2.20. The van der Waals surface area contributed by atoms with Crippen LogP contribution in [0, 0.1) is 10.1 Å². The van der Waals surface area contributed by atoms with E-state index < -0.39 is 29.4 Å². The molecule has 0 aliphatic heterocycles. The van der Waals surface area contributed by atoms with E-state index in [4.69, 9.17) is 4.74 Å². The molecule has 1 saturated carbocycles. The second-order valence-corrected chi connectivity index (χ2v) is 6.57. The molecule has 1 aromatic carbocycles. The first-order chi connectivity index (χ1) is 12.4. The lowest BCUT2D eigenvalue weighted by molar-refractivity contribution is -0.387. The van der Waals surface area contributed by atoms with Gasteiger partial charge in [-0.3, -0.25) is 20.2 Å². The van der Waals surface area contributed by atoms with Crippen molar-refractivity contribution in [3.8, 4) is 0 Å². The van der Waals surface area contributed by atoms with Gasteiger partial charge in [-0.15, -0.1) is 11.8 Å². The molecular weight excluding hydrogens is 362 g/mol. The predicted molar refractivity (Wildman–Crippen MR) is 94.1 cm³/mol. The summed E-state index contributed by atoms with van der Waals surface area (Å²) in [6.07, 6.45) is 5.51. The molecule has 0 saturated heterocycles. The molecule has 0 aromatic heterocycles. The van der Waals surface area contributed by atoms with Gasteiger partial charge in [0.1, 0.15) is 0 Å². The third kappa shape index (κ3) is 5.45. The SMILES string of the molecule is CSc1ccc(C(=O)OCC(=O)NC(=O)NC2CCCC2)cc1[N+](=O)[O-]. The molecule has 3 amide bonds. The number of amides is 3. The van der Waals surface area contributed by atoms with Crippen LogP contribution in [0.1, 0.15) is 36.0 Å². The van der Waals surface area contributed by atoms with Gasteiger partial charge >= 0.3 is 12.0 Å². The van der Waals surface area contributed by atoms with Gasteiger partial charge in [0, 0.05) is 12.1 Å². The highest BCUT2D eigenvalue weighted by Crippen LogP contribution is 2.28. The van der Waals surface area contributed by atoms with E-state index in [0.29, 0.717) is 4.90 Å². The van der Waals surface area contributed by atoms with Crippen LogP contribution < -0.4 is 10.6 Å². The lowest BCUT2D eigenvalue weighted by atomic mass is 10.2. The number of thioether (sulfide) groups is 1. The number of carbonyl (C=O) groups is 3. The number of rotatable bonds is 6. The largest absolute Gasteiger partial charge is 0.452 e. The molecule has 1 aromatic rings. The summed E-state index contributed by atoms with van der Waals surface area (Å²) in [5, 5.41) is 15.8. The van der Waals surface area contributed by atoms with Gasteiger partial charge < -0.3 is 10.1 Å². The smallest absolute Gasteiger partial charge is 0.338 e. The van der Waals surface area contributed by atoms with E-state index >= 15 is 0 Å². The molecule has 2 N–H and O–H groups in total. The quantitative estimate of drug-likeness (QED) is 0.335. The summed E-state index contributed by atoms with van der Waals surface area (Å²) < 4.78 is 4.81. The summed E-state index contributed by atoms with van der Waals surface area (Å²) in [5.74, 6) is -1.66. The summed E-state index contributed by atoms with van der Waals surface area (Å²) in [6, 6.07) is 3.35. The van der Waals surface area contributed by atoms with Crippen molar-refractivity contribution in [2.24, 2.45) is 0 Å². The van der Waals surface area contributed by atoms with Crippen LogP contribution in [0.15, 0.2) is 23.1 Å². The molecule has 10 heteroatoms. The Hall–Kier alpha value is -2.62. The normalized spacial score (nSPS) is 13.9. The molecule has 1 aliphatic rings. The topological polar surface area (TPSA) is 128 Å². The molecule has 0 heterocycles. The molecule has 1 fully saturated rings. The molecular formula is C16H19N3O6S. The molecule has 0 radical (unpaired) electrons. The van der Waals surface area contributed by atoms with Crippen molar-refractivity contribution in [2.75, 3.05) is 12.9 Å². The first-order valence-electron chi connectivity index (χ1n) is 8.00. The van der Waals surface area contributed by atoms with Gasteiger partial charge in [0.25, 0.3) is 11.6 Å². The number of ether oxygens (including phenoxy) is 1. The number of nitrogens with zero attached hydrogens (tertiary/aromatic N) is 1. The van der Waals surface area contributed by atoms with Crippen molar-refractivity contribution in [1.82, 2.24) is 10.6 Å². The standard InChI is InChI=1S/C16H19N3O6S/c1-26-13-7-6-10(8-12(13)19(23)24)15(21)25-9-14(20)18-16(22)17-11-4-2-3-5-11/h6-8,11H,2-5,9H2,1H3,(H2,17,18,20,22). The lowest BCUT2D eigenvalue weighted by Crippen LogP contribution is -2.44. The first kappa shape index (κ1) is 19.7. The third-order valence-corrected chi connectivity index (χ3v) is 4.67. The molecule has 0 bridgehead atoms.